The molecule has 0 saturated carbocycles. The number of hydrogen-bond donors (Lipinski definition) is 2. The SMILES string of the molecule is Cc1cc(OC(F)F)c(CNC(=O)c2c(C)n([C@@H](C)C3CCN(S(C)(=O)=O)CC3)c3ccccc23)c(=O)[nH]1. The van der Waals surface area contributed by atoms with Crippen molar-refractivity contribution in [1.29, 1.82) is 0 Å². The number of piperidine rings is 1. The normalized spacial score (nSPS) is 16.2. The van der Waals surface area contributed by atoms with E-state index in [1.165, 1.54) is 16.6 Å². The zero-order valence-corrected chi connectivity index (χ0v) is 22.6. The Morgan fingerprint density at radius 1 is 1.21 bits per heavy atom. The molecule has 1 aliphatic heterocycles. The van der Waals surface area contributed by atoms with Gasteiger partial charge in [-0.15, -0.1) is 0 Å². The molecule has 1 amide bonds. The third-order valence-electron chi connectivity index (χ3n) is 7.31. The smallest absolute Gasteiger partial charge is 0.387 e. The zero-order chi connectivity index (χ0) is 27.8. The van der Waals surface area contributed by atoms with Crippen molar-refractivity contribution in [2.24, 2.45) is 5.92 Å². The minimum Gasteiger partial charge on any atom is -0.434 e. The Morgan fingerprint density at radius 2 is 1.87 bits per heavy atom. The topological polar surface area (TPSA) is 114 Å². The highest BCUT2D eigenvalue weighted by Gasteiger charge is 2.31. The van der Waals surface area contributed by atoms with Crippen LogP contribution in [-0.4, -0.2) is 54.1 Å². The van der Waals surface area contributed by atoms with E-state index in [1.807, 2.05) is 31.2 Å². The molecule has 1 aliphatic rings. The van der Waals surface area contributed by atoms with Gasteiger partial charge in [-0.1, -0.05) is 18.2 Å². The van der Waals surface area contributed by atoms with E-state index in [0.29, 0.717) is 37.2 Å². The summed E-state index contributed by atoms with van der Waals surface area (Å²) in [5, 5.41) is 3.43. The molecule has 3 heterocycles. The van der Waals surface area contributed by atoms with Gasteiger partial charge in [-0.25, -0.2) is 12.7 Å². The number of rotatable bonds is 8. The van der Waals surface area contributed by atoms with Crippen molar-refractivity contribution in [1.82, 2.24) is 19.2 Å². The van der Waals surface area contributed by atoms with Gasteiger partial charge in [-0.2, -0.15) is 8.78 Å². The molecule has 2 N–H and O–H groups in total. The van der Waals surface area contributed by atoms with Crippen LogP contribution < -0.4 is 15.6 Å². The summed E-state index contributed by atoms with van der Waals surface area (Å²) in [4.78, 5) is 28.4. The van der Waals surface area contributed by atoms with E-state index in [1.54, 1.807) is 6.92 Å². The number of sulfonamides is 1. The molecule has 38 heavy (non-hydrogen) atoms. The average molecular weight is 551 g/mol. The van der Waals surface area contributed by atoms with E-state index in [4.69, 9.17) is 0 Å². The van der Waals surface area contributed by atoms with Crippen LogP contribution in [0.1, 0.15) is 53.1 Å². The summed E-state index contributed by atoms with van der Waals surface area (Å²) < 4.78 is 57.8. The van der Waals surface area contributed by atoms with Gasteiger partial charge >= 0.3 is 6.61 Å². The summed E-state index contributed by atoms with van der Waals surface area (Å²) in [7, 11) is -3.24. The van der Waals surface area contributed by atoms with Gasteiger partial charge in [0, 0.05) is 47.5 Å². The van der Waals surface area contributed by atoms with Gasteiger partial charge in [-0.3, -0.25) is 9.59 Å². The lowest BCUT2D eigenvalue weighted by Crippen LogP contribution is -2.39. The summed E-state index contributed by atoms with van der Waals surface area (Å²) >= 11 is 0. The molecule has 0 spiro atoms. The van der Waals surface area contributed by atoms with E-state index in [2.05, 4.69) is 26.5 Å². The fourth-order valence-corrected chi connectivity index (χ4v) is 6.29. The summed E-state index contributed by atoms with van der Waals surface area (Å²) in [6.45, 7) is 2.96. The van der Waals surface area contributed by atoms with Crippen molar-refractivity contribution in [2.45, 2.75) is 52.8 Å². The molecule has 3 aromatic rings. The second-order valence-electron chi connectivity index (χ2n) is 9.77. The highest BCUT2D eigenvalue weighted by atomic mass is 32.2. The summed E-state index contributed by atoms with van der Waals surface area (Å²) in [5.74, 6) is -0.520. The number of ether oxygens (including phenoxy) is 1. The Morgan fingerprint density at radius 3 is 2.50 bits per heavy atom. The van der Waals surface area contributed by atoms with Crippen LogP contribution in [0, 0.1) is 19.8 Å². The fourth-order valence-electron chi connectivity index (χ4n) is 5.42. The van der Waals surface area contributed by atoms with Gasteiger partial charge in [0.2, 0.25) is 10.0 Å². The highest BCUT2D eigenvalue weighted by Crippen LogP contribution is 2.36. The highest BCUT2D eigenvalue weighted by molar-refractivity contribution is 7.88. The molecule has 0 aliphatic carbocycles. The van der Waals surface area contributed by atoms with Gasteiger partial charge in [0.05, 0.1) is 23.9 Å². The van der Waals surface area contributed by atoms with Crippen LogP contribution in [0.3, 0.4) is 0 Å². The van der Waals surface area contributed by atoms with Crippen LogP contribution in [0.25, 0.3) is 10.9 Å². The molecule has 1 aromatic carbocycles. The lowest BCUT2D eigenvalue weighted by atomic mass is 9.91. The molecule has 9 nitrogen and oxygen atoms in total. The van der Waals surface area contributed by atoms with Crippen LogP contribution in [0.4, 0.5) is 8.78 Å². The maximum absolute atomic E-state index is 13.4. The Balaban J connectivity index is 1.62. The number of halogens is 2. The number of fused-ring (bicyclic) bond motifs is 1. The molecule has 1 saturated heterocycles. The number of carbonyl (C=O) groups excluding carboxylic acids is 1. The van der Waals surface area contributed by atoms with Crippen LogP contribution in [0.2, 0.25) is 0 Å². The number of pyridine rings is 1. The largest absolute Gasteiger partial charge is 0.434 e. The number of benzene rings is 1. The van der Waals surface area contributed by atoms with Crippen LogP contribution in [-0.2, 0) is 16.6 Å². The first-order valence-corrected chi connectivity index (χ1v) is 14.2. The monoisotopic (exact) mass is 550 g/mol. The van der Waals surface area contributed by atoms with Crippen molar-refractivity contribution in [3.05, 3.63) is 63.2 Å². The maximum Gasteiger partial charge on any atom is 0.387 e. The van der Waals surface area contributed by atoms with Crippen LogP contribution >= 0.6 is 0 Å². The van der Waals surface area contributed by atoms with E-state index in [0.717, 1.165) is 16.6 Å². The van der Waals surface area contributed by atoms with Crippen molar-refractivity contribution in [3.63, 3.8) is 0 Å². The number of amides is 1. The lowest BCUT2D eigenvalue weighted by Gasteiger charge is -2.35. The first-order chi connectivity index (χ1) is 17.9. The Hall–Kier alpha value is -3.25. The molecule has 0 radical (unpaired) electrons. The molecule has 206 valence electrons. The molecule has 0 unspecified atom stereocenters. The van der Waals surface area contributed by atoms with Gasteiger partial charge in [0.15, 0.2) is 0 Å². The van der Waals surface area contributed by atoms with E-state index < -0.39 is 28.1 Å². The molecule has 4 rings (SSSR count). The molecule has 1 fully saturated rings. The van der Waals surface area contributed by atoms with E-state index in [9.17, 15) is 26.8 Å². The number of aromatic amines is 1. The number of H-pyrrole nitrogens is 1. The molecule has 1 atom stereocenters. The number of alkyl halides is 2. The molecule has 2 aromatic heterocycles. The number of aromatic nitrogens is 2. The third-order valence-corrected chi connectivity index (χ3v) is 8.62. The lowest BCUT2D eigenvalue weighted by molar-refractivity contribution is -0.0506. The minimum atomic E-state index is -3.24. The van der Waals surface area contributed by atoms with Crippen molar-refractivity contribution < 1.29 is 26.7 Å². The van der Waals surface area contributed by atoms with Crippen molar-refractivity contribution >= 4 is 26.8 Å². The predicted molar refractivity (Wildman–Crippen MR) is 140 cm³/mol. The van der Waals surface area contributed by atoms with Gasteiger partial charge in [-0.05, 0) is 45.6 Å². The number of nitrogens with one attached hydrogen (secondary N) is 2. The van der Waals surface area contributed by atoms with Crippen LogP contribution in [0.15, 0.2) is 35.1 Å². The van der Waals surface area contributed by atoms with Gasteiger partial charge < -0.3 is 19.6 Å². The second-order valence-corrected chi connectivity index (χ2v) is 11.8. The predicted octanol–water partition coefficient (Wildman–Crippen LogP) is 3.71. The quantitative estimate of drug-likeness (QED) is 0.444. The van der Waals surface area contributed by atoms with Gasteiger partial charge in [0.1, 0.15) is 5.75 Å². The Bertz CT molecular complexity index is 1510. The third kappa shape index (κ3) is 5.60. The van der Waals surface area contributed by atoms with Gasteiger partial charge in [0.25, 0.3) is 11.5 Å². The first-order valence-electron chi connectivity index (χ1n) is 12.4. The summed E-state index contributed by atoms with van der Waals surface area (Å²) in [5.41, 5.74) is 1.66. The number of carbonyl (C=O) groups is 1. The van der Waals surface area contributed by atoms with E-state index >= 15 is 0 Å². The standard InChI is InChI=1S/C26H32F2N4O5S/c1-15-13-22(37-26(27)28)20(24(33)30-15)14-29-25(34)23-17(3)32(21-8-6-5-7-19(21)23)16(2)18-9-11-31(12-10-18)38(4,35)36/h5-8,13,16,18,26H,9-12,14H2,1-4H3,(H,29,34)(H,30,33)/t16-/m0/s1. The summed E-state index contributed by atoms with van der Waals surface area (Å²) in [6.07, 6.45) is 2.62. The number of nitrogens with zero attached hydrogens (tertiary/aromatic N) is 2. The molecular formula is C26H32F2N4O5S. The molecule has 0 bridgehead atoms. The zero-order valence-electron chi connectivity index (χ0n) is 21.8. The first kappa shape index (κ1) is 27.8. The minimum absolute atomic E-state index is 0.00542. The molecular weight excluding hydrogens is 518 g/mol. The van der Waals surface area contributed by atoms with Crippen molar-refractivity contribution in [3.8, 4) is 5.75 Å². The second kappa shape index (κ2) is 10.9. The maximum atomic E-state index is 13.4. The Kier molecular flexibility index (Phi) is 7.93. The van der Waals surface area contributed by atoms with Crippen LogP contribution in [0.5, 0.6) is 5.75 Å². The van der Waals surface area contributed by atoms with Crippen molar-refractivity contribution in [2.75, 3.05) is 19.3 Å². The number of aryl methyl sites for hydroxylation is 1. The van der Waals surface area contributed by atoms with E-state index in [-0.39, 0.29) is 29.8 Å². The number of hydrogen-bond acceptors (Lipinski definition) is 5. The summed E-state index contributed by atoms with van der Waals surface area (Å²) in [6, 6.07) is 8.78. The fraction of sp³-hybridized carbons (Fsp3) is 0.462. The number of para-hydroxylation sites is 1. The molecule has 12 heteroatoms. The Labute approximate surface area is 219 Å². The average Bonchev–Trinajstić information content (AvgIpc) is 3.13.